The molecule has 3 rings (SSSR count). The van der Waals surface area contributed by atoms with E-state index in [1.807, 2.05) is 12.1 Å². The quantitative estimate of drug-likeness (QED) is 0.429. The molecule has 1 aliphatic carbocycles. The molecule has 0 saturated heterocycles. The summed E-state index contributed by atoms with van der Waals surface area (Å²) in [6, 6.07) is 13.9. The Hall–Kier alpha value is -1.31. The molecule has 25 heavy (non-hydrogen) atoms. The Morgan fingerprint density at radius 2 is 1.40 bits per heavy atom. The van der Waals surface area contributed by atoms with Crippen molar-refractivity contribution in [2.45, 2.75) is 56.7 Å². The topological polar surface area (TPSA) is 17.1 Å². The monoisotopic (exact) mass is 374 g/mol. The molecular formula is C22H24Cl2O. The van der Waals surface area contributed by atoms with E-state index in [2.05, 4.69) is 45.9 Å². The first kappa shape index (κ1) is 18.5. The number of hydrogen-bond acceptors (Lipinski definition) is 1. The Balaban J connectivity index is 2.00. The zero-order chi connectivity index (χ0) is 18.4. The smallest absolute Gasteiger partial charge is 0.252 e. The fourth-order valence-corrected chi connectivity index (χ4v) is 4.15. The van der Waals surface area contributed by atoms with Crippen molar-refractivity contribution in [1.82, 2.24) is 0 Å². The van der Waals surface area contributed by atoms with E-state index in [0.29, 0.717) is 5.56 Å². The van der Waals surface area contributed by atoms with E-state index in [4.69, 9.17) is 23.2 Å². The summed E-state index contributed by atoms with van der Waals surface area (Å²) in [4.78, 5) is 11.2. The number of carbonyl (C=O) groups excluding carboxylic acids is 1. The Bertz CT molecular complexity index is 803. The van der Waals surface area contributed by atoms with Crippen LogP contribution in [0.2, 0.25) is 0 Å². The van der Waals surface area contributed by atoms with E-state index in [-0.39, 0.29) is 16.2 Å². The van der Waals surface area contributed by atoms with Gasteiger partial charge in [0.1, 0.15) is 0 Å². The van der Waals surface area contributed by atoms with Crippen LogP contribution in [0, 0.1) is 0 Å². The van der Waals surface area contributed by atoms with Gasteiger partial charge in [0.25, 0.3) is 5.24 Å². The first-order chi connectivity index (χ1) is 11.6. The lowest BCUT2D eigenvalue weighted by Gasteiger charge is -2.42. The van der Waals surface area contributed by atoms with Crippen molar-refractivity contribution in [1.29, 1.82) is 0 Å². The molecule has 0 fully saturated rings. The lowest BCUT2D eigenvalue weighted by Crippen LogP contribution is -2.33. The van der Waals surface area contributed by atoms with Gasteiger partial charge in [0.15, 0.2) is 0 Å². The molecular weight excluding hydrogens is 351 g/mol. The molecule has 0 aromatic heterocycles. The largest absolute Gasteiger partial charge is 0.276 e. The molecule has 132 valence electrons. The van der Waals surface area contributed by atoms with Gasteiger partial charge in [-0.15, -0.1) is 11.6 Å². The highest BCUT2D eigenvalue weighted by Crippen LogP contribution is 2.47. The third-order valence-electron chi connectivity index (χ3n) is 5.60. The Kier molecular flexibility index (Phi) is 4.77. The van der Waals surface area contributed by atoms with Crippen LogP contribution in [0.5, 0.6) is 0 Å². The highest BCUT2D eigenvalue weighted by molar-refractivity contribution is 6.67. The maximum atomic E-state index is 11.2. The molecule has 1 atom stereocenters. The van der Waals surface area contributed by atoms with E-state index < -0.39 is 5.24 Å². The average molecular weight is 375 g/mol. The minimum absolute atomic E-state index is 0.159. The van der Waals surface area contributed by atoms with Gasteiger partial charge in [-0.05, 0) is 69.7 Å². The van der Waals surface area contributed by atoms with Crippen molar-refractivity contribution >= 4 is 28.4 Å². The first-order valence-electron chi connectivity index (χ1n) is 8.71. The van der Waals surface area contributed by atoms with Crippen LogP contribution < -0.4 is 0 Å². The molecule has 0 N–H and O–H groups in total. The molecule has 0 heterocycles. The summed E-state index contributed by atoms with van der Waals surface area (Å²) in [5, 5.41) is -0.693. The van der Waals surface area contributed by atoms with Gasteiger partial charge < -0.3 is 0 Å². The van der Waals surface area contributed by atoms with Crippen molar-refractivity contribution < 1.29 is 4.79 Å². The molecule has 0 spiro atoms. The van der Waals surface area contributed by atoms with Crippen LogP contribution in [0.25, 0.3) is 0 Å². The van der Waals surface area contributed by atoms with E-state index in [0.717, 1.165) is 11.1 Å². The second-order valence-corrected chi connectivity index (χ2v) is 9.11. The van der Waals surface area contributed by atoms with E-state index in [1.54, 1.807) is 12.1 Å². The van der Waals surface area contributed by atoms with Gasteiger partial charge in [-0.2, -0.15) is 0 Å². The fraction of sp³-hybridized carbons (Fsp3) is 0.409. The second-order valence-electron chi connectivity index (χ2n) is 8.33. The molecule has 2 aromatic rings. The van der Waals surface area contributed by atoms with Gasteiger partial charge in [0.05, 0.1) is 5.38 Å². The number of halogens is 2. The van der Waals surface area contributed by atoms with Crippen LogP contribution in [0.3, 0.4) is 0 Å². The maximum absolute atomic E-state index is 11.2. The zero-order valence-corrected chi connectivity index (χ0v) is 16.7. The molecule has 2 aromatic carbocycles. The molecule has 0 bridgehead atoms. The fourth-order valence-electron chi connectivity index (χ4n) is 3.74. The summed E-state index contributed by atoms with van der Waals surface area (Å²) >= 11 is 12.3. The summed E-state index contributed by atoms with van der Waals surface area (Å²) in [6.07, 6.45) is 2.38. The van der Waals surface area contributed by atoms with Crippen LogP contribution in [0.4, 0.5) is 0 Å². The average Bonchev–Trinajstić information content (AvgIpc) is 2.58. The number of benzene rings is 2. The predicted molar refractivity (Wildman–Crippen MR) is 106 cm³/mol. The molecule has 3 heteroatoms. The highest BCUT2D eigenvalue weighted by atomic mass is 35.5. The number of hydrogen-bond donors (Lipinski definition) is 0. The first-order valence-corrected chi connectivity index (χ1v) is 9.52. The standard InChI is InChI=1S/C22H24Cl2O/c1-21(2)11-12-22(3,4)18-13-16(9-10-17(18)21)19(23)14-5-7-15(8-6-14)20(24)25/h5-10,13,19H,11-12H2,1-4H3. The molecule has 1 nitrogen and oxygen atoms in total. The highest BCUT2D eigenvalue weighted by Gasteiger charge is 2.37. The van der Waals surface area contributed by atoms with Crippen LogP contribution in [-0.2, 0) is 10.8 Å². The predicted octanol–water partition coefficient (Wildman–Crippen LogP) is 6.74. The van der Waals surface area contributed by atoms with Gasteiger partial charge in [-0.3, -0.25) is 4.79 Å². The zero-order valence-electron chi connectivity index (χ0n) is 15.2. The summed E-state index contributed by atoms with van der Waals surface area (Å²) in [5.74, 6) is 0. The van der Waals surface area contributed by atoms with Gasteiger partial charge in [-0.1, -0.05) is 58.0 Å². The SMILES string of the molecule is CC1(C)CCC(C)(C)c2cc(C(Cl)c3ccc(C(=O)Cl)cc3)ccc21. The molecule has 0 radical (unpaired) electrons. The number of carbonyl (C=O) groups is 1. The Labute approximate surface area is 160 Å². The van der Waals surface area contributed by atoms with Crippen molar-refractivity contribution in [3.8, 4) is 0 Å². The van der Waals surface area contributed by atoms with Gasteiger partial charge in [-0.25, -0.2) is 0 Å². The van der Waals surface area contributed by atoms with Crippen molar-refractivity contribution in [2.24, 2.45) is 0 Å². The maximum Gasteiger partial charge on any atom is 0.252 e. The molecule has 0 aliphatic heterocycles. The van der Waals surface area contributed by atoms with Crippen LogP contribution >= 0.6 is 23.2 Å². The van der Waals surface area contributed by atoms with Crippen molar-refractivity contribution in [3.05, 3.63) is 70.3 Å². The van der Waals surface area contributed by atoms with Crippen molar-refractivity contribution in [3.63, 3.8) is 0 Å². The molecule has 0 saturated carbocycles. The minimum Gasteiger partial charge on any atom is -0.276 e. The van der Waals surface area contributed by atoms with E-state index in [9.17, 15) is 4.79 Å². The number of rotatable bonds is 3. The van der Waals surface area contributed by atoms with Gasteiger partial charge in [0.2, 0.25) is 0 Å². The van der Waals surface area contributed by atoms with Crippen LogP contribution in [0.1, 0.15) is 78.5 Å². The number of alkyl halides is 1. The van der Waals surface area contributed by atoms with Gasteiger partial charge >= 0.3 is 0 Å². The summed E-state index contributed by atoms with van der Waals surface area (Å²) < 4.78 is 0. The Morgan fingerprint density at radius 1 is 0.880 bits per heavy atom. The molecule has 1 aliphatic rings. The lowest BCUT2D eigenvalue weighted by atomic mass is 9.63. The molecule has 0 amide bonds. The van der Waals surface area contributed by atoms with Crippen LogP contribution in [0.15, 0.2) is 42.5 Å². The summed E-state index contributed by atoms with van der Waals surface area (Å²) in [7, 11) is 0. The van der Waals surface area contributed by atoms with Crippen molar-refractivity contribution in [2.75, 3.05) is 0 Å². The third kappa shape index (κ3) is 3.50. The lowest BCUT2D eigenvalue weighted by molar-refractivity contribution is 0.108. The van der Waals surface area contributed by atoms with E-state index in [1.165, 1.54) is 24.0 Å². The van der Waals surface area contributed by atoms with Gasteiger partial charge in [0, 0.05) is 5.56 Å². The minimum atomic E-state index is -0.449. The third-order valence-corrected chi connectivity index (χ3v) is 6.32. The normalized spacial score (nSPS) is 19.1. The summed E-state index contributed by atoms with van der Waals surface area (Å²) in [5.41, 5.74) is 5.74. The van der Waals surface area contributed by atoms with E-state index >= 15 is 0 Å². The Morgan fingerprint density at radius 3 is 1.96 bits per heavy atom. The second kappa shape index (κ2) is 6.45. The molecule has 1 unspecified atom stereocenters. The summed E-state index contributed by atoms with van der Waals surface area (Å²) in [6.45, 7) is 9.27. The number of fused-ring (bicyclic) bond motifs is 1. The van der Waals surface area contributed by atoms with Crippen LogP contribution in [-0.4, -0.2) is 5.24 Å².